The number of sulfonamides is 1. The van der Waals surface area contributed by atoms with E-state index < -0.39 is 21.6 Å². The van der Waals surface area contributed by atoms with Gasteiger partial charge in [-0.15, -0.1) is 0 Å². The van der Waals surface area contributed by atoms with Crippen LogP contribution in [0.25, 0.3) is 0 Å². The van der Waals surface area contributed by atoms with E-state index >= 15 is 0 Å². The van der Waals surface area contributed by atoms with Crippen molar-refractivity contribution in [2.75, 3.05) is 47.6 Å². The Morgan fingerprint density at radius 2 is 1.89 bits per heavy atom. The number of carbonyl (C=O) groups is 1. The van der Waals surface area contributed by atoms with E-state index in [1.54, 1.807) is 6.07 Å². The van der Waals surface area contributed by atoms with Crippen molar-refractivity contribution in [1.82, 2.24) is 9.62 Å². The van der Waals surface area contributed by atoms with E-state index in [0.29, 0.717) is 5.75 Å². The van der Waals surface area contributed by atoms with Crippen LogP contribution in [-0.2, 0) is 19.6 Å². The second-order valence-corrected chi connectivity index (χ2v) is 8.04. The van der Waals surface area contributed by atoms with Crippen LogP contribution in [0.15, 0.2) is 23.1 Å². The van der Waals surface area contributed by atoms with Gasteiger partial charge in [0, 0.05) is 45.7 Å². The number of alkyl halides is 1. The van der Waals surface area contributed by atoms with Gasteiger partial charge in [-0.1, -0.05) is 0 Å². The summed E-state index contributed by atoms with van der Waals surface area (Å²) in [5.41, 5.74) is -2.10. The quantitative estimate of drug-likeness (QED) is 0.649. The number of amides is 1. The molecule has 1 heterocycles. The highest BCUT2D eigenvalue weighted by atomic mass is 32.2. The number of hydrogen-bond acceptors (Lipinski definition) is 6. The van der Waals surface area contributed by atoms with Gasteiger partial charge in [0.1, 0.15) is 16.4 Å². The van der Waals surface area contributed by atoms with Crippen molar-refractivity contribution in [3.63, 3.8) is 0 Å². The van der Waals surface area contributed by atoms with Crippen LogP contribution in [0.3, 0.4) is 0 Å². The Kier molecular flexibility index (Phi) is 7.01. The molecule has 1 fully saturated rings. The van der Waals surface area contributed by atoms with E-state index in [1.165, 1.54) is 33.5 Å². The van der Waals surface area contributed by atoms with Gasteiger partial charge in [-0.25, -0.2) is 12.8 Å². The summed E-state index contributed by atoms with van der Waals surface area (Å²) in [5.74, 6) is -0.204. The summed E-state index contributed by atoms with van der Waals surface area (Å²) in [6.45, 7) is 0.246. The van der Waals surface area contributed by atoms with Crippen molar-refractivity contribution in [3.05, 3.63) is 18.2 Å². The fourth-order valence-corrected chi connectivity index (χ4v) is 4.47. The van der Waals surface area contributed by atoms with Crippen molar-refractivity contribution >= 4 is 15.9 Å². The predicted octanol–water partition coefficient (Wildman–Crippen LogP) is 0.959. The Balaban J connectivity index is 2.14. The van der Waals surface area contributed by atoms with E-state index in [9.17, 15) is 17.6 Å². The molecule has 0 unspecified atom stereocenters. The standard InChI is InChI=1S/C17H25FN2O6S/c1-24-11-8-19-16(21)17(18)6-9-20(10-7-17)27(22,23)15-12-13(25-2)4-5-14(15)26-3/h4-5,12H,6-11H2,1-3H3,(H,19,21). The zero-order valence-corrected chi connectivity index (χ0v) is 16.5. The molecule has 152 valence electrons. The van der Waals surface area contributed by atoms with Gasteiger partial charge in [0.15, 0.2) is 5.67 Å². The second-order valence-electron chi connectivity index (χ2n) is 6.13. The minimum Gasteiger partial charge on any atom is -0.497 e. The van der Waals surface area contributed by atoms with Crippen molar-refractivity contribution in [3.8, 4) is 11.5 Å². The zero-order valence-electron chi connectivity index (χ0n) is 15.7. The third kappa shape index (κ3) is 4.69. The summed E-state index contributed by atoms with van der Waals surface area (Å²) in [7, 11) is 0.354. The van der Waals surface area contributed by atoms with E-state index in [-0.39, 0.29) is 49.7 Å². The van der Waals surface area contributed by atoms with Crippen molar-refractivity contribution in [1.29, 1.82) is 0 Å². The van der Waals surface area contributed by atoms with Gasteiger partial charge in [-0.2, -0.15) is 4.31 Å². The van der Waals surface area contributed by atoms with Crippen LogP contribution in [0.4, 0.5) is 4.39 Å². The number of nitrogens with one attached hydrogen (secondary N) is 1. The monoisotopic (exact) mass is 404 g/mol. The predicted molar refractivity (Wildman–Crippen MR) is 96.3 cm³/mol. The SMILES string of the molecule is COCCNC(=O)C1(F)CCN(S(=O)(=O)c2cc(OC)ccc2OC)CC1. The number of ether oxygens (including phenoxy) is 3. The number of nitrogens with zero attached hydrogens (tertiary/aromatic N) is 1. The molecule has 0 atom stereocenters. The molecule has 1 aromatic rings. The first-order chi connectivity index (χ1) is 12.8. The molecule has 0 aromatic heterocycles. The van der Waals surface area contributed by atoms with E-state index in [4.69, 9.17) is 14.2 Å². The first kappa shape index (κ1) is 21.4. The van der Waals surface area contributed by atoms with Gasteiger partial charge in [-0.3, -0.25) is 4.79 Å². The maximum Gasteiger partial charge on any atom is 0.257 e. The molecular weight excluding hydrogens is 379 g/mol. The fourth-order valence-electron chi connectivity index (χ4n) is 2.86. The average Bonchev–Trinajstić information content (AvgIpc) is 2.67. The Morgan fingerprint density at radius 3 is 2.44 bits per heavy atom. The normalized spacial score (nSPS) is 17.3. The molecule has 2 rings (SSSR count). The second kappa shape index (κ2) is 8.85. The van der Waals surface area contributed by atoms with Gasteiger partial charge < -0.3 is 19.5 Å². The topological polar surface area (TPSA) is 94.2 Å². The van der Waals surface area contributed by atoms with Crippen LogP contribution in [0.1, 0.15) is 12.8 Å². The van der Waals surface area contributed by atoms with Gasteiger partial charge >= 0.3 is 0 Å². The molecule has 1 aliphatic rings. The number of methoxy groups -OCH3 is 3. The molecular formula is C17H25FN2O6S. The molecule has 1 N–H and O–H groups in total. The Bertz CT molecular complexity index is 763. The maximum atomic E-state index is 14.9. The summed E-state index contributed by atoms with van der Waals surface area (Å²) in [6, 6.07) is 4.45. The summed E-state index contributed by atoms with van der Waals surface area (Å²) >= 11 is 0. The number of rotatable bonds is 8. The third-order valence-corrected chi connectivity index (χ3v) is 6.42. The average molecular weight is 404 g/mol. The van der Waals surface area contributed by atoms with Crippen LogP contribution < -0.4 is 14.8 Å². The van der Waals surface area contributed by atoms with Crippen LogP contribution in [0, 0.1) is 0 Å². The van der Waals surface area contributed by atoms with Gasteiger partial charge in [0.25, 0.3) is 5.91 Å². The molecule has 0 saturated carbocycles. The first-order valence-electron chi connectivity index (χ1n) is 8.47. The number of halogens is 1. The molecule has 0 bridgehead atoms. The van der Waals surface area contributed by atoms with Crippen LogP contribution >= 0.6 is 0 Å². The molecule has 1 aliphatic heterocycles. The first-order valence-corrected chi connectivity index (χ1v) is 9.91. The molecule has 1 amide bonds. The molecule has 0 radical (unpaired) electrons. The molecule has 0 spiro atoms. The summed E-state index contributed by atoms with van der Waals surface area (Å²) < 4.78 is 57.1. The summed E-state index contributed by atoms with van der Waals surface area (Å²) in [5, 5.41) is 2.47. The minimum absolute atomic E-state index is 0.0553. The van der Waals surface area contributed by atoms with Gasteiger partial charge in [0.05, 0.1) is 20.8 Å². The van der Waals surface area contributed by atoms with E-state index in [0.717, 1.165) is 4.31 Å². The zero-order chi connectivity index (χ0) is 20.1. The minimum atomic E-state index is -3.92. The lowest BCUT2D eigenvalue weighted by atomic mass is 9.93. The highest BCUT2D eigenvalue weighted by Crippen LogP contribution is 2.34. The number of carbonyl (C=O) groups excluding carboxylic acids is 1. The van der Waals surface area contributed by atoms with Crippen LogP contribution in [0.5, 0.6) is 11.5 Å². The number of benzene rings is 1. The van der Waals surface area contributed by atoms with Crippen molar-refractivity contribution in [2.45, 2.75) is 23.4 Å². The van der Waals surface area contributed by atoms with Gasteiger partial charge in [0.2, 0.25) is 10.0 Å². The lowest BCUT2D eigenvalue weighted by Crippen LogP contribution is -2.52. The van der Waals surface area contributed by atoms with Crippen LogP contribution in [0.2, 0.25) is 0 Å². The lowest BCUT2D eigenvalue weighted by molar-refractivity contribution is -0.135. The molecule has 1 aromatic carbocycles. The lowest BCUT2D eigenvalue weighted by Gasteiger charge is -2.34. The Morgan fingerprint density at radius 1 is 1.22 bits per heavy atom. The number of hydrogen-bond donors (Lipinski definition) is 1. The molecule has 27 heavy (non-hydrogen) atoms. The van der Waals surface area contributed by atoms with Crippen LogP contribution in [-0.4, -0.2) is 71.9 Å². The molecule has 10 heteroatoms. The van der Waals surface area contributed by atoms with Crippen molar-refractivity contribution < 1.29 is 31.8 Å². The highest BCUT2D eigenvalue weighted by molar-refractivity contribution is 7.89. The largest absolute Gasteiger partial charge is 0.497 e. The van der Waals surface area contributed by atoms with Crippen molar-refractivity contribution in [2.24, 2.45) is 0 Å². The third-order valence-electron chi connectivity index (χ3n) is 4.50. The summed E-state index contributed by atoms with van der Waals surface area (Å²) in [4.78, 5) is 12.0. The molecule has 8 nitrogen and oxygen atoms in total. The smallest absolute Gasteiger partial charge is 0.257 e. The summed E-state index contributed by atoms with van der Waals surface area (Å²) in [6.07, 6.45) is -0.450. The van der Waals surface area contributed by atoms with Gasteiger partial charge in [-0.05, 0) is 12.1 Å². The highest BCUT2D eigenvalue weighted by Gasteiger charge is 2.44. The Labute approximate surface area is 158 Å². The number of piperidine rings is 1. The van der Waals surface area contributed by atoms with E-state index in [1.807, 2.05) is 0 Å². The van der Waals surface area contributed by atoms with E-state index in [2.05, 4.69) is 5.32 Å². The Hall–Kier alpha value is -1.91. The fraction of sp³-hybridized carbons (Fsp3) is 0.588. The maximum absolute atomic E-state index is 14.9. The molecule has 1 saturated heterocycles. The molecule has 0 aliphatic carbocycles.